The minimum atomic E-state index is -4.56. The largest absolute Gasteiger partial charge is 0.480 e. The second-order valence-electron chi connectivity index (χ2n) is 5.91. The summed E-state index contributed by atoms with van der Waals surface area (Å²) in [5, 5.41) is 1.94. The quantitative estimate of drug-likeness (QED) is 0.590. The lowest BCUT2D eigenvalue weighted by molar-refractivity contribution is 0.256. The van der Waals surface area contributed by atoms with Gasteiger partial charge in [0.15, 0.2) is 11.6 Å². The number of para-hydroxylation sites is 1. The van der Waals surface area contributed by atoms with Crippen molar-refractivity contribution in [3.05, 3.63) is 33.7 Å². The molecule has 0 spiro atoms. The van der Waals surface area contributed by atoms with Crippen molar-refractivity contribution >= 4 is 49.7 Å². The number of aromatic nitrogens is 2. The number of anilines is 1. The number of hydrogen-bond donors (Lipinski definition) is 2. The Balaban J connectivity index is 1.92. The summed E-state index contributed by atoms with van der Waals surface area (Å²) in [5.41, 5.74) is 0.212. The molecule has 166 valence electrons. The van der Waals surface area contributed by atoms with Crippen LogP contribution in [-0.4, -0.2) is 47.1 Å². The van der Waals surface area contributed by atoms with Gasteiger partial charge in [0.1, 0.15) is 9.92 Å². The van der Waals surface area contributed by atoms with Gasteiger partial charge in [-0.2, -0.15) is 18.4 Å². The van der Waals surface area contributed by atoms with Gasteiger partial charge in [0.2, 0.25) is 5.88 Å². The number of benzene rings is 1. The van der Waals surface area contributed by atoms with Crippen LogP contribution in [0.2, 0.25) is 5.02 Å². The number of amides is 2. The van der Waals surface area contributed by atoms with Crippen LogP contribution in [0.3, 0.4) is 0 Å². The summed E-state index contributed by atoms with van der Waals surface area (Å²) in [6.45, 7) is 1.30. The van der Waals surface area contributed by atoms with E-state index in [1.54, 1.807) is 4.72 Å². The molecule has 2 aromatic rings. The van der Waals surface area contributed by atoms with E-state index in [4.69, 9.17) is 25.3 Å². The van der Waals surface area contributed by atoms with E-state index >= 15 is 0 Å². The molecule has 1 aliphatic rings. The van der Waals surface area contributed by atoms with E-state index in [2.05, 4.69) is 15.3 Å². The molecule has 0 unspecified atom stereocenters. The van der Waals surface area contributed by atoms with Gasteiger partial charge in [0.05, 0.1) is 19.1 Å². The minimum absolute atomic E-state index is 0.0958. The highest BCUT2D eigenvalue weighted by atomic mass is 35.5. The monoisotopic (exact) mass is 490 g/mol. The number of allylic oxidation sites excluding steroid dienone is 1. The Labute approximate surface area is 182 Å². The second kappa shape index (κ2) is 8.20. The van der Waals surface area contributed by atoms with E-state index in [1.807, 2.05) is 0 Å². The summed E-state index contributed by atoms with van der Waals surface area (Å²) in [4.78, 5) is 19.3. The topological polar surface area (TPSA) is 163 Å². The van der Waals surface area contributed by atoms with Crippen LogP contribution in [0.15, 0.2) is 28.0 Å². The van der Waals surface area contributed by atoms with Crippen LogP contribution in [0.4, 0.5) is 10.6 Å². The number of nitrogens with zero attached hydrogens (tertiary/aromatic N) is 2. The Kier molecular flexibility index (Phi) is 5.98. The predicted molar refractivity (Wildman–Crippen MR) is 109 cm³/mol. The predicted octanol–water partition coefficient (Wildman–Crippen LogP) is 1.74. The van der Waals surface area contributed by atoms with E-state index in [0.29, 0.717) is 0 Å². The van der Waals surface area contributed by atoms with E-state index in [1.165, 1.54) is 39.4 Å². The molecule has 2 amide bonds. The molecule has 15 heteroatoms. The molecule has 1 aliphatic heterocycles. The zero-order chi connectivity index (χ0) is 23.0. The maximum absolute atomic E-state index is 12.7. The zero-order valence-corrected chi connectivity index (χ0v) is 18.6. The third-order valence-electron chi connectivity index (χ3n) is 3.88. The SMILES string of the molecule is COc1nc(NC(=O)NS(=O)(=O)c2cccc3c2OS(=O)(=O)C(C)=C3)c(Cl)c(OC)n1. The fourth-order valence-electron chi connectivity index (χ4n) is 2.44. The Morgan fingerprint density at radius 1 is 1.19 bits per heavy atom. The summed E-state index contributed by atoms with van der Waals surface area (Å²) in [7, 11) is -6.18. The van der Waals surface area contributed by atoms with Gasteiger partial charge in [-0.05, 0) is 19.1 Å². The van der Waals surface area contributed by atoms with Gasteiger partial charge >= 0.3 is 22.2 Å². The second-order valence-corrected chi connectivity index (χ2v) is 9.66. The van der Waals surface area contributed by atoms with E-state index in [-0.39, 0.29) is 33.2 Å². The maximum atomic E-state index is 12.7. The van der Waals surface area contributed by atoms with Crippen LogP contribution in [0, 0.1) is 0 Å². The molecule has 1 aromatic carbocycles. The van der Waals surface area contributed by atoms with E-state index < -0.39 is 36.8 Å². The van der Waals surface area contributed by atoms with Gasteiger partial charge in [0, 0.05) is 5.56 Å². The summed E-state index contributed by atoms with van der Waals surface area (Å²) >= 11 is 6.02. The molecule has 0 aliphatic carbocycles. The number of ether oxygens (including phenoxy) is 2. The molecule has 3 rings (SSSR count). The van der Waals surface area contributed by atoms with Crippen LogP contribution in [0.5, 0.6) is 17.6 Å². The van der Waals surface area contributed by atoms with Crippen molar-refractivity contribution in [2.75, 3.05) is 19.5 Å². The van der Waals surface area contributed by atoms with Gasteiger partial charge in [-0.25, -0.2) is 17.9 Å². The highest BCUT2D eigenvalue weighted by Gasteiger charge is 2.31. The third-order valence-corrected chi connectivity index (χ3v) is 6.87. The molecule has 12 nitrogen and oxygen atoms in total. The Morgan fingerprint density at radius 3 is 2.55 bits per heavy atom. The van der Waals surface area contributed by atoms with E-state index in [0.717, 1.165) is 6.07 Å². The van der Waals surface area contributed by atoms with Crippen LogP contribution in [0.25, 0.3) is 6.08 Å². The summed E-state index contributed by atoms with van der Waals surface area (Å²) in [6.07, 6.45) is 1.26. The highest BCUT2D eigenvalue weighted by Crippen LogP contribution is 2.36. The number of hydrogen-bond acceptors (Lipinski definition) is 10. The molecule has 0 saturated heterocycles. The Morgan fingerprint density at radius 2 is 1.90 bits per heavy atom. The standard InChI is InChI=1S/C16H15ClN4O8S2/c1-8-7-9-5-4-6-10(12(9)29-31(8,25)26)30(23,24)21-15(22)18-13-11(17)14(27-2)20-16(19-13)28-3/h4-7H,1-3H3,(H2,18,19,20,21,22). The molecule has 0 atom stereocenters. The average Bonchev–Trinajstić information content (AvgIpc) is 2.69. The highest BCUT2D eigenvalue weighted by molar-refractivity contribution is 7.91. The first kappa shape index (κ1) is 22.6. The first-order valence-corrected chi connectivity index (χ1v) is 11.5. The van der Waals surface area contributed by atoms with Crippen molar-refractivity contribution in [3.8, 4) is 17.6 Å². The lowest BCUT2D eigenvalue weighted by Gasteiger charge is -2.18. The number of sulfonamides is 1. The number of rotatable bonds is 5. The molecule has 0 saturated carbocycles. The van der Waals surface area contributed by atoms with Crippen molar-refractivity contribution in [1.82, 2.24) is 14.7 Å². The molecule has 0 fully saturated rings. The van der Waals surface area contributed by atoms with Crippen molar-refractivity contribution in [2.45, 2.75) is 11.8 Å². The van der Waals surface area contributed by atoms with Crippen LogP contribution < -0.4 is 23.7 Å². The number of halogens is 1. The molecule has 0 bridgehead atoms. The number of fused-ring (bicyclic) bond motifs is 1. The summed E-state index contributed by atoms with van der Waals surface area (Å²) in [6, 6.07) is 2.48. The number of methoxy groups -OCH3 is 2. The number of nitrogens with one attached hydrogen (secondary N) is 2. The number of carbonyl (C=O) groups is 1. The lowest BCUT2D eigenvalue weighted by Crippen LogP contribution is -2.35. The maximum Gasteiger partial charge on any atom is 0.335 e. The summed E-state index contributed by atoms with van der Waals surface area (Å²) in [5.74, 6) is -0.841. The van der Waals surface area contributed by atoms with Gasteiger partial charge in [0.25, 0.3) is 10.0 Å². The minimum Gasteiger partial charge on any atom is -0.480 e. The number of urea groups is 1. The fourth-order valence-corrected chi connectivity index (χ4v) is 4.58. The van der Waals surface area contributed by atoms with Gasteiger partial charge in [-0.1, -0.05) is 23.7 Å². The van der Waals surface area contributed by atoms with Crippen LogP contribution in [-0.2, 0) is 20.1 Å². The zero-order valence-electron chi connectivity index (χ0n) is 16.2. The van der Waals surface area contributed by atoms with Crippen LogP contribution >= 0.6 is 11.6 Å². The summed E-state index contributed by atoms with van der Waals surface area (Å²) < 4.78 is 66.0. The molecule has 2 N–H and O–H groups in total. The first-order valence-electron chi connectivity index (χ1n) is 8.23. The molecular formula is C16H15ClN4O8S2. The van der Waals surface area contributed by atoms with Crippen molar-refractivity contribution < 1.29 is 35.3 Å². The lowest BCUT2D eigenvalue weighted by atomic mass is 10.2. The fraction of sp³-hybridized carbons (Fsp3) is 0.188. The van der Waals surface area contributed by atoms with Crippen molar-refractivity contribution in [2.24, 2.45) is 0 Å². The Hall–Kier alpha value is -3.10. The average molecular weight is 491 g/mol. The third kappa shape index (κ3) is 4.50. The van der Waals surface area contributed by atoms with E-state index in [9.17, 15) is 21.6 Å². The molecular weight excluding hydrogens is 476 g/mol. The first-order chi connectivity index (χ1) is 14.5. The Bertz CT molecular complexity index is 1310. The van der Waals surface area contributed by atoms with Gasteiger partial charge in [-0.15, -0.1) is 0 Å². The molecule has 1 aromatic heterocycles. The van der Waals surface area contributed by atoms with Crippen molar-refractivity contribution in [3.63, 3.8) is 0 Å². The van der Waals surface area contributed by atoms with Crippen LogP contribution in [0.1, 0.15) is 12.5 Å². The van der Waals surface area contributed by atoms with Crippen molar-refractivity contribution in [1.29, 1.82) is 0 Å². The smallest absolute Gasteiger partial charge is 0.335 e. The molecule has 0 radical (unpaired) electrons. The van der Waals surface area contributed by atoms with Gasteiger partial charge < -0.3 is 13.7 Å². The normalized spacial score (nSPS) is 14.5. The number of carbonyl (C=O) groups excluding carboxylic acids is 1. The van der Waals surface area contributed by atoms with Gasteiger partial charge in [-0.3, -0.25) is 5.32 Å². The molecule has 2 heterocycles. The molecule has 31 heavy (non-hydrogen) atoms.